The zero-order valence-corrected chi connectivity index (χ0v) is 14.9. The largest absolute Gasteiger partial charge is 0.497 e. The van der Waals surface area contributed by atoms with Crippen molar-refractivity contribution >= 4 is 22.5 Å². The number of hydrogen-bond acceptors (Lipinski definition) is 2. The number of benzene rings is 2. The lowest BCUT2D eigenvalue weighted by atomic mass is 9.99. The van der Waals surface area contributed by atoms with E-state index in [1.165, 1.54) is 11.1 Å². The van der Waals surface area contributed by atoms with Crippen LogP contribution in [0.2, 0.25) is 5.02 Å². The number of nitrogens with one attached hydrogen (secondary N) is 1. The molecule has 0 atom stereocenters. The van der Waals surface area contributed by atoms with Crippen molar-refractivity contribution in [3.05, 3.63) is 52.5 Å². The highest BCUT2D eigenvalue weighted by atomic mass is 35.5. The number of aromatic nitrogens is 1. The van der Waals surface area contributed by atoms with E-state index in [2.05, 4.69) is 30.1 Å². The van der Waals surface area contributed by atoms with Crippen molar-refractivity contribution in [3.8, 4) is 17.0 Å². The molecule has 0 radical (unpaired) electrons. The number of halogens is 1. The summed E-state index contributed by atoms with van der Waals surface area (Å²) in [5.41, 5.74) is 11.6. The van der Waals surface area contributed by atoms with E-state index in [0.717, 1.165) is 52.2 Å². The van der Waals surface area contributed by atoms with Gasteiger partial charge >= 0.3 is 0 Å². The van der Waals surface area contributed by atoms with Crippen molar-refractivity contribution in [3.63, 3.8) is 0 Å². The summed E-state index contributed by atoms with van der Waals surface area (Å²) in [5.74, 6) is 0.855. The van der Waals surface area contributed by atoms with Crippen LogP contribution in [0.25, 0.3) is 22.2 Å². The summed E-state index contributed by atoms with van der Waals surface area (Å²) < 4.78 is 5.27. The SMILES string of the molecule is COc1ccc(-c2[nH]c3c(C)ccc(Cl)c3c2CCCCN)cc1. The molecule has 0 aliphatic heterocycles. The minimum atomic E-state index is 0.715. The first kappa shape index (κ1) is 16.9. The summed E-state index contributed by atoms with van der Waals surface area (Å²) in [6, 6.07) is 12.2. The van der Waals surface area contributed by atoms with Gasteiger partial charge in [0, 0.05) is 11.1 Å². The van der Waals surface area contributed by atoms with Crippen molar-refractivity contribution in [2.24, 2.45) is 5.73 Å². The van der Waals surface area contributed by atoms with Gasteiger partial charge in [-0.1, -0.05) is 17.7 Å². The Hall–Kier alpha value is -1.97. The van der Waals surface area contributed by atoms with Gasteiger partial charge < -0.3 is 15.5 Å². The van der Waals surface area contributed by atoms with Gasteiger partial charge in [0.1, 0.15) is 5.75 Å². The van der Waals surface area contributed by atoms with Gasteiger partial charge in [-0.2, -0.15) is 0 Å². The Morgan fingerprint density at radius 1 is 1.08 bits per heavy atom. The fourth-order valence-electron chi connectivity index (χ4n) is 3.16. The van der Waals surface area contributed by atoms with E-state index < -0.39 is 0 Å². The van der Waals surface area contributed by atoms with Crippen molar-refractivity contribution in [2.75, 3.05) is 13.7 Å². The summed E-state index contributed by atoms with van der Waals surface area (Å²) >= 11 is 6.53. The van der Waals surface area contributed by atoms with Gasteiger partial charge in [0.05, 0.1) is 17.6 Å². The first-order chi connectivity index (χ1) is 11.7. The zero-order chi connectivity index (χ0) is 17.1. The number of unbranched alkanes of at least 4 members (excludes halogenated alkanes) is 1. The predicted molar refractivity (Wildman–Crippen MR) is 102 cm³/mol. The Labute approximate surface area is 147 Å². The average molecular weight is 343 g/mol. The lowest BCUT2D eigenvalue weighted by Crippen LogP contribution is -1.99. The van der Waals surface area contributed by atoms with Gasteiger partial charge in [-0.05, 0) is 79.8 Å². The second kappa shape index (κ2) is 7.29. The van der Waals surface area contributed by atoms with Crippen molar-refractivity contribution < 1.29 is 4.74 Å². The van der Waals surface area contributed by atoms with Crippen LogP contribution in [0.4, 0.5) is 0 Å². The monoisotopic (exact) mass is 342 g/mol. The van der Waals surface area contributed by atoms with E-state index in [4.69, 9.17) is 22.1 Å². The van der Waals surface area contributed by atoms with E-state index >= 15 is 0 Å². The maximum Gasteiger partial charge on any atom is 0.118 e. The number of nitrogens with two attached hydrogens (primary N) is 1. The fraction of sp³-hybridized carbons (Fsp3) is 0.300. The van der Waals surface area contributed by atoms with E-state index in [1.54, 1.807) is 7.11 Å². The Morgan fingerprint density at radius 3 is 2.50 bits per heavy atom. The van der Waals surface area contributed by atoms with Crippen LogP contribution in [-0.2, 0) is 6.42 Å². The molecule has 0 bridgehead atoms. The Bertz CT molecular complexity index is 837. The Balaban J connectivity index is 2.15. The highest BCUT2D eigenvalue weighted by molar-refractivity contribution is 6.36. The van der Waals surface area contributed by atoms with Gasteiger partial charge in [-0.25, -0.2) is 0 Å². The lowest BCUT2D eigenvalue weighted by molar-refractivity contribution is 0.415. The summed E-state index contributed by atoms with van der Waals surface area (Å²) in [7, 11) is 1.68. The van der Waals surface area contributed by atoms with Crippen LogP contribution in [0.1, 0.15) is 24.0 Å². The molecular weight excluding hydrogens is 320 g/mol. The smallest absolute Gasteiger partial charge is 0.118 e. The summed E-state index contributed by atoms with van der Waals surface area (Å²) in [5, 5.41) is 1.94. The molecule has 3 nitrogen and oxygen atoms in total. The van der Waals surface area contributed by atoms with E-state index in [1.807, 2.05) is 18.2 Å². The van der Waals surface area contributed by atoms with Crippen molar-refractivity contribution in [1.29, 1.82) is 0 Å². The second-order valence-corrected chi connectivity index (χ2v) is 6.47. The topological polar surface area (TPSA) is 51.0 Å². The molecule has 1 heterocycles. The standard InChI is InChI=1S/C20H23ClN2O/c1-13-6-11-17(21)18-16(5-3-4-12-22)20(23-19(13)18)14-7-9-15(24-2)10-8-14/h6-11,23H,3-5,12,22H2,1-2H3. The number of methoxy groups -OCH3 is 1. The highest BCUT2D eigenvalue weighted by Gasteiger charge is 2.16. The molecule has 0 aliphatic rings. The molecular formula is C20H23ClN2O. The first-order valence-corrected chi connectivity index (χ1v) is 8.67. The third-order valence-corrected chi connectivity index (χ3v) is 4.79. The first-order valence-electron chi connectivity index (χ1n) is 8.30. The molecule has 0 fully saturated rings. The minimum absolute atomic E-state index is 0.715. The van der Waals surface area contributed by atoms with Crippen LogP contribution in [0.15, 0.2) is 36.4 Å². The molecule has 0 aliphatic carbocycles. The lowest BCUT2D eigenvalue weighted by Gasteiger charge is -2.07. The highest BCUT2D eigenvalue weighted by Crippen LogP contribution is 2.37. The van der Waals surface area contributed by atoms with Gasteiger partial charge in [0.2, 0.25) is 0 Å². The predicted octanol–water partition coefficient (Wildman–Crippen LogP) is 5.09. The van der Waals surface area contributed by atoms with Crippen LogP contribution >= 0.6 is 11.6 Å². The number of aryl methyl sites for hydroxylation is 2. The maximum atomic E-state index is 6.53. The summed E-state index contributed by atoms with van der Waals surface area (Å²) in [6.07, 6.45) is 3.02. The van der Waals surface area contributed by atoms with Gasteiger partial charge in [-0.3, -0.25) is 0 Å². The molecule has 24 heavy (non-hydrogen) atoms. The number of aromatic amines is 1. The van der Waals surface area contributed by atoms with Gasteiger partial charge in [-0.15, -0.1) is 0 Å². The Kier molecular flexibility index (Phi) is 5.12. The normalized spacial score (nSPS) is 11.2. The second-order valence-electron chi connectivity index (χ2n) is 6.07. The van der Waals surface area contributed by atoms with Crippen molar-refractivity contribution in [2.45, 2.75) is 26.2 Å². The van der Waals surface area contributed by atoms with E-state index in [0.29, 0.717) is 6.54 Å². The number of H-pyrrole nitrogens is 1. The van der Waals surface area contributed by atoms with Crippen LogP contribution in [0, 0.1) is 6.92 Å². The molecule has 0 saturated heterocycles. The third-order valence-electron chi connectivity index (χ3n) is 4.48. The Morgan fingerprint density at radius 2 is 1.83 bits per heavy atom. The van der Waals surface area contributed by atoms with Crippen LogP contribution in [0.3, 0.4) is 0 Å². The molecule has 126 valence electrons. The maximum absolute atomic E-state index is 6.53. The zero-order valence-electron chi connectivity index (χ0n) is 14.2. The van der Waals surface area contributed by atoms with Crippen LogP contribution in [0.5, 0.6) is 5.75 Å². The number of ether oxygens (including phenoxy) is 1. The van der Waals surface area contributed by atoms with E-state index in [9.17, 15) is 0 Å². The summed E-state index contributed by atoms with van der Waals surface area (Å²) in [4.78, 5) is 3.60. The minimum Gasteiger partial charge on any atom is -0.497 e. The molecule has 0 spiro atoms. The molecule has 0 saturated carbocycles. The van der Waals surface area contributed by atoms with Gasteiger partial charge in [0.25, 0.3) is 0 Å². The third kappa shape index (κ3) is 3.14. The molecule has 1 aromatic heterocycles. The molecule has 4 heteroatoms. The number of rotatable bonds is 6. The molecule has 0 unspecified atom stereocenters. The quantitative estimate of drug-likeness (QED) is 0.613. The molecule has 3 N–H and O–H groups in total. The van der Waals surface area contributed by atoms with E-state index in [-0.39, 0.29) is 0 Å². The molecule has 3 aromatic rings. The van der Waals surface area contributed by atoms with Crippen LogP contribution in [-0.4, -0.2) is 18.6 Å². The molecule has 2 aromatic carbocycles. The summed E-state index contributed by atoms with van der Waals surface area (Å²) in [6.45, 7) is 2.82. The average Bonchev–Trinajstić information content (AvgIpc) is 2.99. The van der Waals surface area contributed by atoms with Crippen LogP contribution < -0.4 is 10.5 Å². The molecule has 0 amide bonds. The van der Waals surface area contributed by atoms with Crippen molar-refractivity contribution in [1.82, 2.24) is 4.98 Å². The number of fused-ring (bicyclic) bond motifs is 1. The molecule has 3 rings (SSSR count). The number of hydrogen-bond donors (Lipinski definition) is 2. The van der Waals surface area contributed by atoms with Gasteiger partial charge in [0.15, 0.2) is 0 Å². The fourth-order valence-corrected chi connectivity index (χ4v) is 3.43.